The first-order valence-corrected chi connectivity index (χ1v) is 6.28. The summed E-state index contributed by atoms with van der Waals surface area (Å²) in [6.45, 7) is 4.62. The van der Waals surface area contributed by atoms with Crippen LogP contribution in [-0.4, -0.2) is 30.8 Å². The number of rotatable bonds is 7. The fourth-order valence-corrected chi connectivity index (χ4v) is 2.08. The number of nitrogens with zero attached hydrogens (tertiary/aromatic N) is 1. The smallest absolute Gasteiger partial charge is 0.326 e. The molecule has 0 bridgehead atoms. The van der Waals surface area contributed by atoms with Gasteiger partial charge in [0.1, 0.15) is 11.8 Å². The topological polar surface area (TPSA) is 49.8 Å². The zero-order valence-corrected chi connectivity index (χ0v) is 11.2. The Hall–Kier alpha value is -1.71. The molecule has 1 aromatic rings. The number of aliphatic carboxylic acids is 1. The number of carbonyl (C=O) groups is 1. The molecule has 0 amide bonds. The van der Waals surface area contributed by atoms with E-state index >= 15 is 0 Å². The molecular formula is C14H21NO3. The maximum atomic E-state index is 11.3. The Balaban J connectivity index is 3.13. The number of anilines is 1. The molecule has 0 aliphatic rings. The lowest BCUT2D eigenvalue weighted by Gasteiger charge is -2.31. The number of carboxylic acids is 1. The van der Waals surface area contributed by atoms with Gasteiger partial charge < -0.3 is 14.7 Å². The van der Waals surface area contributed by atoms with Gasteiger partial charge in [-0.25, -0.2) is 4.79 Å². The minimum absolute atomic E-state index is 0.513. The van der Waals surface area contributed by atoms with Crippen molar-refractivity contribution < 1.29 is 14.6 Å². The molecule has 0 spiro atoms. The van der Waals surface area contributed by atoms with Crippen LogP contribution in [0.5, 0.6) is 5.75 Å². The highest BCUT2D eigenvalue weighted by Crippen LogP contribution is 2.30. The predicted molar refractivity (Wildman–Crippen MR) is 72.3 cm³/mol. The van der Waals surface area contributed by atoms with E-state index in [9.17, 15) is 9.90 Å². The summed E-state index contributed by atoms with van der Waals surface area (Å²) in [7, 11) is 1.60. The van der Waals surface area contributed by atoms with Crippen molar-refractivity contribution in [1.82, 2.24) is 0 Å². The van der Waals surface area contributed by atoms with Crippen LogP contribution >= 0.6 is 0 Å². The average Bonchev–Trinajstić information content (AvgIpc) is 2.38. The zero-order valence-electron chi connectivity index (χ0n) is 11.2. The fraction of sp³-hybridized carbons (Fsp3) is 0.500. The first-order chi connectivity index (χ1) is 8.65. The summed E-state index contributed by atoms with van der Waals surface area (Å²) in [6.07, 6.45) is 1.45. The molecule has 1 aromatic carbocycles. The van der Waals surface area contributed by atoms with Gasteiger partial charge >= 0.3 is 5.97 Å². The molecule has 0 aliphatic heterocycles. The van der Waals surface area contributed by atoms with Crippen molar-refractivity contribution in [3.63, 3.8) is 0 Å². The van der Waals surface area contributed by atoms with E-state index in [1.165, 1.54) is 0 Å². The Morgan fingerprint density at radius 3 is 2.56 bits per heavy atom. The molecule has 1 N–H and O–H groups in total. The molecule has 1 atom stereocenters. The summed E-state index contributed by atoms with van der Waals surface area (Å²) in [6, 6.07) is 7.02. The van der Waals surface area contributed by atoms with Crippen molar-refractivity contribution in [3.05, 3.63) is 24.3 Å². The maximum absolute atomic E-state index is 11.3. The summed E-state index contributed by atoms with van der Waals surface area (Å²) in [5.41, 5.74) is 0.844. The molecular weight excluding hydrogens is 230 g/mol. The number of methoxy groups -OCH3 is 1. The standard InChI is InChI=1S/C14H21NO3/c1-4-10-15(11(5-2)14(16)17)12-8-6-7-9-13(12)18-3/h6-9,11H,4-5,10H2,1-3H3,(H,16,17)/t11-/m1/s1. The van der Waals surface area contributed by atoms with Crippen molar-refractivity contribution in [1.29, 1.82) is 0 Å². The Morgan fingerprint density at radius 1 is 1.39 bits per heavy atom. The number of hydrogen-bond donors (Lipinski definition) is 1. The maximum Gasteiger partial charge on any atom is 0.326 e. The van der Waals surface area contributed by atoms with Crippen molar-refractivity contribution >= 4 is 11.7 Å². The van der Waals surface area contributed by atoms with Crippen LogP contribution in [0.1, 0.15) is 26.7 Å². The molecule has 0 heterocycles. The molecule has 0 radical (unpaired) electrons. The van der Waals surface area contributed by atoms with Crippen LogP contribution in [0.4, 0.5) is 5.69 Å². The van der Waals surface area contributed by atoms with E-state index in [-0.39, 0.29) is 0 Å². The lowest BCUT2D eigenvalue weighted by molar-refractivity contribution is -0.138. The van der Waals surface area contributed by atoms with E-state index in [0.29, 0.717) is 18.7 Å². The number of carboxylic acid groups (broad SMARTS) is 1. The van der Waals surface area contributed by atoms with Crippen molar-refractivity contribution in [2.75, 3.05) is 18.6 Å². The predicted octanol–water partition coefficient (Wildman–Crippen LogP) is 2.77. The van der Waals surface area contributed by atoms with E-state index in [2.05, 4.69) is 0 Å². The van der Waals surface area contributed by atoms with Crippen molar-refractivity contribution in [2.24, 2.45) is 0 Å². The Kier molecular flexibility index (Phi) is 5.49. The highest BCUT2D eigenvalue weighted by molar-refractivity contribution is 5.79. The van der Waals surface area contributed by atoms with Gasteiger partial charge in [0.2, 0.25) is 0 Å². The van der Waals surface area contributed by atoms with Crippen molar-refractivity contribution in [2.45, 2.75) is 32.7 Å². The lowest BCUT2D eigenvalue weighted by Crippen LogP contribution is -2.41. The number of ether oxygens (including phenoxy) is 1. The van der Waals surface area contributed by atoms with E-state index in [4.69, 9.17) is 4.74 Å². The monoisotopic (exact) mass is 251 g/mol. The Morgan fingerprint density at radius 2 is 2.06 bits per heavy atom. The third-order valence-corrected chi connectivity index (χ3v) is 2.91. The normalized spacial score (nSPS) is 11.9. The second-order valence-electron chi connectivity index (χ2n) is 4.13. The van der Waals surface area contributed by atoms with Crippen LogP contribution < -0.4 is 9.64 Å². The molecule has 4 nitrogen and oxygen atoms in total. The second-order valence-corrected chi connectivity index (χ2v) is 4.13. The summed E-state index contributed by atoms with van der Waals surface area (Å²) >= 11 is 0. The molecule has 1 rings (SSSR count). The molecule has 0 fully saturated rings. The number of hydrogen-bond acceptors (Lipinski definition) is 3. The molecule has 0 unspecified atom stereocenters. The van der Waals surface area contributed by atoms with Gasteiger partial charge in [-0.05, 0) is 25.0 Å². The summed E-state index contributed by atoms with van der Waals surface area (Å²) in [5, 5.41) is 9.31. The van der Waals surface area contributed by atoms with Gasteiger partial charge in [0.25, 0.3) is 0 Å². The molecule has 0 aromatic heterocycles. The molecule has 0 saturated carbocycles. The third-order valence-electron chi connectivity index (χ3n) is 2.91. The number of para-hydroxylation sites is 2. The van der Waals surface area contributed by atoms with Gasteiger partial charge in [-0.3, -0.25) is 0 Å². The van der Waals surface area contributed by atoms with E-state index in [1.807, 2.05) is 43.0 Å². The van der Waals surface area contributed by atoms with Crippen LogP contribution in [0.3, 0.4) is 0 Å². The van der Waals surface area contributed by atoms with Crippen LogP contribution in [0.25, 0.3) is 0 Å². The molecule has 0 aliphatic carbocycles. The first kappa shape index (κ1) is 14.4. The van der Waals surface area contributed by atoms with Gasteiger partial charge in [0, 0.05) is 6.54 Å². The summed E-state index contributed by atoms with van der Waals surface area (Å²) < 4.78 is 5.31. The largest absolute Gasteiger partial charge is 0.495 e. The summed E-state index contributed by atoms with van der Waals surface area (Å²) in [4.78, 5) is 13.2. The van der Waals surface area contributed by atoms with E-state index in [0.717, 1.165) is 12.1 Å². The molecule has 4 heteroatoms. The minimum atomic E-state index is -0.795. The average molecular weight is 251 g/mol. The van der Waals surface area contributed by atoms with E-state index < -0.39 is 12.0 Å². The minimum Gasteiger partial charge on any atom is -0.495 e. The third kappa shape index (κ3) is 3.15. The zero-order chi connectivity index (χ0) is 13.5. The molecule has 100 valence electrons. The SMILES string of the molecule is CCCN(c1ccccc1OC)[C@H](CC)C(=O)O. The van der Waals surface area contributed by atoms with Crippen molar-refractivity contribution in [3.8, 4) is 5.75 Å². The molecule has 0 saturated heterocycles. The van der Waals surface area contributed by atoms with Crippen LogP contribution in [0.15, 0.2) is 24.3 Å². The molecule has 18 heavy (non-hydrogen) atoms. The Bertz CT molecular complexity index is 392. The highest BCUT2D eigenvalue weighted by Gasteiger charge is 2.25. The number of benzene rings is 1. The van der Waals surface area contributed by atoms with Gasteiger partial charge in [-0.2, -0.15) is 0 Å². The van der Waals surface area contributed by atoms with Crippen LogP contribution in [-0.2, 0) is 4.79 Å². The van der Waals surface area contributed by atoms with Crippen LogP contribution in [0, 0.1) is 0 Å². The van der Waals surface area contributed by atoms with Gasteiger partial charge in [-0.15, -0.1) is 0 Å². The first-order valence-electron chi connectivity index (χ1n) is 6.28. The quantitative estimate of drug-likeness (QED) is 0.809. The van der Waals surface area contributed by atoms with Crippen LogP contribution in [0.2, 0.25) is 0 Å². The summed E-state index contributed by atoms with van der Waals surface area (Å²) in [5.74, 6) is -0.0810. The fourth-order valence-electron chi connectivity index (χ4n) is 2.08. The van der Waals surface area contributed by atoms with Gasteiger partial charge in [0.15, 0.2) is 0 Å². The van der Waals surface area contributed by atoms with Gasteiger partial charge in [-0.1, -0.05) is 26.0 Å². The lowest BCUT2D eigenvalue weighted by atomic mass is 10.1. The van der Waals surface area contributed by atoms with Gasteiger partial charge in [0.05, 0.1) is 12.8 Å². The highest BCUT2D eigenvalue weighted by atomic mass is 16.5. The van der Waals surface area contributed by atoms with E-state index in [1.54, 1.807) is 7.11 Å². The Labute approximate surface area is 108 Å². The second kappa shape index (κ2) is 6.89.